The van der Waals surface area contributed by atoms with E-state index >= 15 is 0 Å². The van der Waals surface area contributed by atoms with Gasteiger partial charge >= 0.3 is 239 Å². The number of rotatable bonds is 12. The predicted molar refractivity (Wildman–Crippen MR) is 178 cm³/mol. The predicted octanol–water partition coefficient (Wildman–Crippen LogP) is 7.62. The van der Waals surface area contributed by atoms with Gasteiger partial charge in [0.2, 0.25) is 0 Å². The average molecular weight is 557 g/mol. The Balaban J connectivity index is 1.49. The van der Waals surface area contributed by atoms with E-state index < -0.39 is 7.26 Å². The van der Waals surface area contributed by atoms with Crippen molar-refractivity contribution in [2.24, 2.45) is 0 Å². The van der Waals surface area contributed by atoms with Crippen LogP contribution in [0.5, 0.6) is 11.5 Å². The normalized spacial score (nSPS) is 11.5. The van der Waals surface area contributed by atoms with E-state index in [1.807, 2.05) is 36.4 Å². The number of phenols is 1. The third kappa shape index (κ3) is 6.19. The van der Waals surface area contributed by atoms with Gasteiger partial charge in [-0.15, -0.1) is 6.58 Å². The van der Waals surface area contributed by atoms with Crippen molar-refractivity contribution < 1.29 is 9.84 Å². The summed E-state index contributed by atoms with van der Waals surface area (Å²) in [7, 11) is -2.39. The molecule has 0 saturated heterocycles. The van der Waals surface area contributed by atoms with Crippen LogP contribution in [0.2, 0.25) is 0 Å². The van der Waals surface area contributed by atoms with Gasteiger partial charge in [-0.25, -0.2) is 0 Å². The van der Waals surface area contributed by atoms with Gasteiger partial charge in [0.05, 0.1) is 0 Å². The quantitative estimate of drug-likeness (QED) is 0.127. The number of phenolic OH excluding ortho intramolecular Hbond substituents is 1. The number of ether oxygens (including phenoxy) is 1. The summed E-state index contributed by atoms with van der Waals surface area (Å²) in [6, 6.07) is 44.7. The Hall–Kier alpha value is -4.39. The van der Waals surface area contributed by atoms with E-state index in [0.29, 0.717) is 13.0 Å². The summed E-state index contributed by atoms with van der Waals surface area (Å²) in [6.07, 6.45) is 6.10. The summed E-state index contributed by atoms with van der Waals surface area (Å²) >= 11 is 0. The average Bonchev–Trinajstić information content (AvgIpc) is 3.02. The van der Waals surface area contributed by atoms with Crippen molar-refractivity contribution in [2.45, 2.75) is 12.8 Å². The molecule has 0 aliphatic rings. The Morgan fingerprint density at radius 1 is 0.634 bits per heavy atom. The Morgan fingerprint density at radius 2 is 1.20 bits per heavy atom. The van der Waals surface area contributed by atoms with Crippen molar-refractivity contribution in [1.29, 1.82) is 0 Å². The third-order valence-electron chi connectivity index (χ3n) is 7.71. The van der Waals surface area contributed by atoms with Crippen LogP contribution < -0.4 is 20.7 Å². The summed E-state index contributed by atoms with van der Waals surface area (Å²) in [4.78, 5) is 0. The van der Waals surface area contributed by atoms with E-state index in [2.05, 4.69) is 110 Å². The fraction of sp³-hybridized carbons (Fsp3) is 0.105. The molecule has 0 saturated carbocycles. The van der Waals surface area contributed by atoms with Crippen LogP contribution in [0.3, 0.4) is 0 Å². The van der Waals surface area contributed by atoms with Gasteiger partial charge in [0.15, 0.2) is 0 Å². The second-order valence-corrected chi connectivity index (χ2v) is 14.3. The molecular formula is C38H37O2P. The first kappa shape index (κ1) is 28.1. The third-order valence-corrected chi connectivity index (χ3v) is 12.6. The fourth-order valence-corrected chi connectivity index (χ4v) is 10.3. The van der Waals surface area contributed by atoms with Gasteiger partial charge in [-0.05, 0) is 0 Å². The maximum atomic E-state index is 10.6. The van der Waals surface area contributed by atoms with Gasteiger partial charge in [0.25, 0.3) is 0 Å². The van der Waals surface area contributed by atoms with Gasteiger partial charge in [-0.3, -0.25) is 0 Å². The monoisotopic (exact) mass is 556 g/mol. The molecule has 1 N–H and O–H groups in total. The van der Waals surface area contributed by atoms with Crippen LogP contribution in [-0.2, 0) is 12.8 Å². The zero-order valence-corrected chi connectivity index (χ0v) is 24.4. The fourth-order valence-electron chi connectivity index (χ4n) is 5.73. The number of allylic oxidation sites excluding steroid dienone is 2. The summed E-state index contributed by atoms with van der Waals surface area (Å²) in [5.41, 5.74) is 3.93. The molecule has 0 fully saturated rings. The molecule has 41 heavy (non-hydrogen) atoms. The van der Waals surface area contributed by atoms with Crippen molar-refractivity contribution in [1.82, 2.24) is 0 Å². The number of hydrogen-bond donors (Lipinski definition) is 1. The van der Waals surface area contributed by atoms with E-state index in [0.717, 1.165) is 40.6 Å². The molecule has 0 aromatic heterocycles. The van der Waals surface area contributed by atoms with Crippen molar-refractivity contribution in [2.75, 3.05) is 12.8 Å². The van der Waals surface area contributed by atoms with Crippen LogP contribution in [0, 0.1) is 0 Å². The Morgan fingerprint density at radius 3 is 1.73 bits per heavy atom. The van der Waals surface area contributed by atoms with Crippen LogP contribution in [0.1, 0.15) is 11.1 Å². The molecule has 0 amide bonds. The molecule has 0 unspecified atom stereocenters. The summed E-state index contributed by atoms with van der Waals surface area (Å²) in [6.45, 7) is 8.41. The SMILES string of the molecule is C=CCc1ccc(O)c(-c2ccc(OCC[PH](c3ccccc3)(c3ccccc3)c3ccccc3)c(CC=C)c2)c1. The van der Waals surface area contributed by atoms with Crippen LogP contribution >= 0.6 is 7.26 Å². The van der Waals surface area contributed by atoms with Gasteiger partial charge in [-0.2, -0.15) is 0 Å². The molecule has 0 atom stereocenters. The Labute approximate surface area is 244 Å². The van der Waals surface area contributed by atoms with Gasteiger partial charge in [0.1, 0.15) is 0 Å². The molecule has 0 aliphatic heterocycles. The van der Waals surface area contributed by atoms with Crippen molar-refractivity contribution in [3.8, 4) is 22.6 Å². The molecule has 5 rings (SSSR count). The van der Waals surface area contributed by atoms with E-state index in [9.17, 15) is 5.11 Å². The molecule has 2 nitrogen and oxygen atoms in total. The molecule has 5 aromatic rings. The van der Waals surface area contributed by atoms with Crippen molar-refractivity contribution >= 4 is 23.2 Å². The van der Waals surface area contributed by atoms with Crippen molar-refractivity contribution in [3.63, 3.8) is 0 Å². The van der Waals surface area contributed by atoms with E-state index in [1.54, 1.807) is 6.07 Å². The molecule has 0 radical (unpaired) electrons. The van der Waals surface area contributed by atoms with Gasteiger partial charge in [0, 0.05) is 0 Å². The Kier molecular flexibility index (Phi) is 9.14. The minimum atomic E-state index is -2.39. The topological polar surface area (TPSA) is 29.5 Å². The standard InChI is InChI=1S/C38H37O2P/c1-3-14-30-22-24-37(39)36(28-30)31-23-25-38(32(29-31)15-4-2)40-26-27-41(33-16-8-5-9-17-33,34-18-10-6-11-19-34)35-20-12-7-13-21-35/h3-13,16-25,28-29,39,41H,1-2,14-15,26-27H2. The molecule has 0 aliphatic carbocycles. The summed E-state index contributed by atoms with van der Waals surface area (Å²) in [5.74, 6) is 1.12. The van der Waals surface area contributed by atoms with Crippen LogP contribution in [0.4, 0.5) is 0 Å². The minimum absolute atomic E-state index is 0.264. The second-order valence-electron chi connectivity index (χ2n) is 10.3. The Bertz CT molecular complexity index is 1500. The first-order chi connectivity index (χ1) is 20.2. The number of hydrogen-bond acceptors (Lipinski definition) is 2. The van der Waals surface area contributed by atoms with E-state index in [1.165, 1.54) is 15.9 Å². The molecule has 3 heteroatoms. The first-order valence-corrected chi connectivity index (χ1v) is 16.3. The molecule has 0 heterocycles. The maximum absolute atomic E-state index is 10.6. The zero-order valence-electron chi connectivity index (χ0n) is 23.4. The molecule has 206 valence electrons. The number of benzene rings is 5. The molecule has 5 aromatic carbocycles. The second kappa shape index (κ2) is 13.3. The van der Waals surface area contributed by atoms with E-state index in [-0.39, 0.29) is 5.75 Å². The first-order valence-electron chi connectivity index (χ1n) is 14.1. The van der Waals surface area contributed by atoms with Crippen LogP contribution in [0.15, 0.2) is 153 Å². The molecule has 0 bridgehead atoms. The molecule has 0 spiro atoms. The van der Waals surface area contributed by atoms with Crippen molar-refractivity contribution in [3.05, 3.63) is 164 Å². The molecular weight excluding hydrogens is 519 g/mol. The van der Waals surface area contributed by atoms with Crippen LogP contribution in [0.25, 0.3) is 11.1 Å². The summed E-state index contributed by atoms with van der Waals surface area (Å²) < 4.78 is 6.60. The van der Waals surface area contributed by atoms with Gasteiger partial charge < -0.3 is 0 Å². The van der Waals surface area contributed by atoms with E-state index in [4.69, 9.17) is 4.74 Å². The zero-order chi connectivity index (χ0) is 28.5. The summed E-state index contributed by atoms with van der Waals surface area (Å²) in [5, 5.41) is 14.7. The van der Waals surface area contributed by atoms with Crippen LogP contribution in [-0.4, -0.2) is 17.9 Å². The van der Waals surface area contributed by atoms with Gasteiger partial charge in [-0.1, -0.05) is 0 Å². The number of aromatic hydroxyl groups is 1.